The normalized spacial score (nSPS) is 11.9. The number of nitrogens with one attached hydrogen (secondary N) is 1. The molecular weight excluding hydrogens is 385 g/mol. The van der Waals surface area contributed by atoms with Crippen LogP contribution in [0.5, 0.6) is 0 Å². The van der Waals surface area contributed by atoms with Crippen molar-refractivity contribution < 1.29 is 9.59 Å². The van der Waals surface area contributed by atoms with E-state index in [0.29, 0.717) is 22.3 Å². The van der Waals surface area contributed by atoms with Gasteiger partial charge in [0.2, 0.25) is 11.8 Å². The standard InChI is InChI=1S/C20H23Cl2N3O2/c1-14(20(27)25(3)12-15-7-5-4-6-8-15)24(2)13-19(26)23-16-9-10-17(21)18(22)11-16/h4-11,14H,12-13H2,1-3H3,(H,23,26)/t14-/m0/s1. The molecule has 0 aliphatic heterocycles. The summed E-state index contributed by atoms with van der Waals surface area (Å²) in [5.74, 6) is -0.287. The first-order valence-electron chi connectivity index (χ1n) is 8.52. The third-order valence-electron chi connectivity index (χ3n) is 4.25. The van der Waals surface area contributed by atoms with Crippen molar-refractivity contribution in [2.45, 2.75) is 19.5 Å². The van der Waals surface area contributed by atoms with Crippen LogP contribution in [0.1, 0.15) is 12.5 Å². The molecule has 0 saturated heterocycles. The van der Waals surface area contributed by atoms with Gasteiger partial charge in [0.25, 0.3) is 0 Å². The molecule has 27 heavy (non-hydrogen) atoms. The van der Waals surface area contributed by atoms with Crippen LogP contribution >= 0.6 is 23.2 Å². The molecule has 0 aliphatic carbocycles. The maximum Gasteiger partial charge on any atom is 0.239 e. The minimum atomic E-state index is -0.432. The number of carbonyl (C=O) groups is 2. The number of hydrogen-bond acceptors (Lipinski definition) is 3. The molecule has 5 nitrogen and oxygen atoms in total. The van der Waals surface area contributed by atoms with E-state index in [1.54, 1.807) is 49.0 Å². The molecule has 2 aromatic rings. The van der Waals surface area contributed by atoms with Crippen molar-refractivity contribution in [3.05, 3.63) is 64.1 Å². The van der Waals surface area contributed by atoms with Crippen molar-refractivity contribution in [3.8, 4) is 0 Å². The molecule has 1 atom stereocenters. The Morgan fingerprint density at radius 3 is 2.33 bits per heavy atom. The molecule has 1 N–H and O–H groups in total. The summed E-state index contributed by atoms with van der Waals surface area (Å²) in [5, 5.41) is 3.55. The summed E-state index contributed by atoms with van der Waals surface area (Å²) in [4.78, 5) is 28.2. The van der Waals surface area contributed by atoms with E-state index in [1.165, 1.54) is 0 Å². The van der Waals surface area contributed by atoms with Crippen LogP contribution in [0, 0.1) is 0 Å². The highest BCUT2D eigenvalue weighted by atomic mass is 35.5. The summed E-state index contributed by atoms with van der Waals surface area (Å²) in [7, 11) is 3.50. The smallest absolute Gasteiger partial charge is 0.239 e. The molecule has 144 valence electrons. The van der Waals surface area contributed by atoms with E-state index in [2.05, 4.69) is 5.32 Å². The van der Waals surface area contributed by atoms with Crippen molar-refractivity contribution in [2.75, 3.05) is 26.0 Å². The van der Waals surface area contributed by atoms with Crippen LogP contribution in [0.15, 0.2) is 48.5 Å². The van der Waals surface area contributed by atoms with Gasteiger partial charge in [-0.25, -0.2) is 0 Å². The van der Waals surface area contributed by atoms with Gasteiger partial charge in [-0.2, -0.15) is 0 Å². The Morgan fingerprint density at radius 1 is 1.04 bits per heavy atom. The fraction of sp³-hybridized carbons (Fsp3) is 0.300. The number of likely N-dealkylation sites (N-methyl/N-ethyl adjacent to an activating group) is 2. The summed E-state index contributed by atoms with van der Waals surface area (Å²) < 4.78 is 0. The van der Waals surface area contributed by atoms with E-state index in [-0.39, 0.29) is 18.4 Å². The van der Waals surface area contributed by atoms with Gasteiger partial charge in [-0.05, 0) is 37.7 Å². The Morgan fingerprint density at radius 2 is 1.70 bits per heavy atom. The largest absolute Gasteiger partial charge is 0.340 e. The average molecular weight is 408 g/mol. The third kappa shape index (κ3) is 6.24. The number of hydrogen-bond donors (Lipinski definition) is 1. The summed E-state index contributed by atoms with van der Waals surface area (Å²) in [6.07, 6.45) is 0. The zero-order valence-corrected chi connectivity index (χ0v) is 17.1. The molecular formula is C20H23Cl2N3O2. The Labute approximate surface area is 169 Å². The van der Waals surface area contributed by atoms with E-state index >= 15 is 0 Å². The molecule has 0 aromatic heterocycles. The van der Waals surface area contributed by atoms with Gasteiger partial charge in [-0.15, -0.1) is 0 Å². The van der Waals surface area contributed by atoms with Crippen molar-refractivity contribution in [3.63, 3.8) is 0 Å². The van der Waals surface area contributed by atoms with Gasteiger partial charge in [0.15, 0.2) is 0 Å². The van der Waals surface area contributed by atoms with E-state index in [4.69, 9.17) is 23.2 Å². The van der Waals surface area contributed by atoms with Crippen LogP contribution < -0.4 is 5.32 Å². The first-order valence-corrected chi connectivity index (χ1v) is 9.27. The fourth-order valence-corrected chi connectivity index (χ4v) is 2.88. The number of rotatable bonds is 7. The van der Waals surface area contributed by atoms with Crippen molar-refractivity contribution in [2.24, 2.45) is 0 Å². The maximum atomic E-state index is 12.6. The molecule has 0 aliphatic rings. The highest BCUT2D eigenvalue weighted by Crippen LogP contribution is 2.24. The van der Waals surface area contributed by atoms with Crippen LogP contribution in [0.2, 0.25) is 10.0 Å². The number of nitrogens with zero attached hydrogens (tertiary/aromatic N) is 2. The van der Waals surface area contributed by atoms with Gasteiger partial charge >= 0.3 is 0 Å². The summed E-state index contributed by atoms with van der Waals surface area (Å²) >= 11 is 11.8. The van der Waals surface area contributed by atoms with Crippen LogP contribution in [0.4, 0.5) is 5.69 Å². The highest BCUT2D eigenvalue weighted by molar-refractivity contribution is 6.42. The van der Waals surface area contributed by atoms with Gasteiger partial charge in [0.1, 0.15) is 0 Å². The molecule has 0 fully saturated rings. The maximum absolute atomic E-state index is 12.6. The first kappa shape index (κ1) is 21.2. The van der Waals surface area contributed by atoms with Gasteiger partial charge in [0, 0.05) is 19.3 Å². The second-order valence-electron chi connectivity index (χ2n) is 6.45. The lowest BCUT2D eigenvalue weighted by Gasteiger charge is -2.28. The van der Waals surface area contributed by atoms with Crippen molar-refractivity contribution >= 4 is 40.7 Å². The SMILES string of the molecule is C[C@@H](C(=O)N(C)Cc1ccccc1)N(C)CC(=O)Nc1ccc(Cl)c(Cl)c1. The minimum Gasteiger partial charge on any atom is -0.340 e. The Kier molecular flexibility index (Phi) is 7.66. The molecule has 0 heterocycles. The molecule has 0 saturated carbocycles. The van der Waals surface area contributed by atoms with Crippen LogP contribution in [-0.4, -0.2) is 48.3 Å². The predicted molar refractivity (Wildman–Crippen MR) is 110 cm³/mol. The number of anilines is 1. The minimum absolute atomic E-state index is 0.0521. The molecule has 0 spiro atoms. The Balaban J connectivity index is 1.89. The zero-order chi connectivity index (χ0) is 20.0. The van der Waals surface area contributed by atoms with E-state index in [1.807, 2.05) is 30.3 Å². The second-order valence-corrected chi connectivity index (χ2v) is 7.26. The molecule has 0 radical (unpaired) electrons. The highest BCUT2D eigenvalue weighted by Gasteiger charge is 2.23. The van der Waals surface area contributed by atoms with Crippen LogP contribution in [-0.2, 0) is 16.1 Å². The molecule has 0 bridgehead atoms. The van der Waals surface area contributed by atoms with E-state index in [0.717, 1.165) is 5.56 Å². The zero-order valence-electron chi connectivity index (χ0n) is 15.6. The van der Waals surface area contributed by atoms with Crippen molar-refractivity contribution in [1.29, 1.82) is 0 Å². The second kappa shape index (κ2) is 9.74. The number of carbonyl (C=O) groups excluding carboxylic acids is 2. The molecule has 0 unspecified atom stereocenters. The Bertz CT molecular complexity index is 799. The molecule has 2 amide bonds. The summed E-state index contributed by atoms with van der Waals surface area (Å²) in [6.45, 7) is 2.38. The van der Waals surface area contributed by atoms with E-state index in [9.17, 15) is 9.59 Å². The lowest BCUT2D eigenvalue weighted by molar-refractivity contribution is -0.135. The average Bonchev–Trinajstić information content (AvgIpc) is 2.64. The van der Waals surface area contributed by atoms with Crippen LogP contribution in [0.3, 0.4) is 0 Å². The topological polar surface area (TPSA) is 52.7 Å². The van der Waals surface area contributed by atoms with Gasteiger partial charge in [-0.1, -0.05) is 53.5 Å². The molecule has 2 rings (SSSR count). The lowest BCUT2D eigenvalue weighted by Crippen LogP contribution is -2.46. The lowest BCUT2D eigenvalue weighted by atomic mass is 10.2. The van der Waals surface area contributed by atoms with Crippen molar-refractivity contribution in [1.82, 2.24) is 9.80 Å². The number of amides is 2. The first-order chi connectivity index (χ1) is 12.8. The van der Waals surface area contributed by atoms with Gasteiger partial charge in [-0.3, -0.25) is 14.5 Å². The van der Waals surface area contributed by atoms with E-state index < -0.39 is 6.04 Å². The number of halogens is 2. The predicted octanol–water partition coefficient (Wildman–Crippen LogP) is 3.91. The molecule has 2 aromatic carbocycles. The van der Waals surface area contributed by atoms with Gasteiger partial charge < -0.3 is 10.2 Å². The molecule has 7 heteroatoms. The number of benzene rings is 2. The monoisotopic (exact) mass is 407 g/mol. The fourth-order valence-electron chi connectivity index (χ4n) is 2.58. The Hall–Kier alpha value is -2.08. The third-order valence-corrected chi connectivity index (χ3v) is 4.99. The summed E-state index contributed by atoms with van der Waals surface area (Å²) in [6, 6.07) is 14.2. The summed E-state index contributed by atoms with van der Waals surface area (Å²) in [5.41, 5.74) is 1.61. The van der Waals surface area contributed by atoms with Crippen LogP contribution in [0.25, 0.3) is 0 Å². The van der Waals surface area contributed by atoms with Gasteiger partial charge in [0.05, 0.1) is 22.6 Å². The quantitative estimate of drug-likeness (QED) is 0.756.